The fourth-order valence-corrected chi connectivity index (χ4v) is 1.89. The summed E-state index contributed by atoms with van der Waals surface area (Å²) in [5, 5.41) is 0.849. The highest BCUT2D eigenvalue weighted by Crippen LogP contribution is 2.41. The van der Waals surface area contributed by atoms with E-state index >= 15 is 0 Å². The molecule has 2 heteroatoms. The Labute approximate surface area is 83.9 Å². The zero-order chi connectivity index (χ0) is 9.42. The van der Waals surface area contributed by atoms with Gasteiger partial charge in [0.15, 0.2) is 0 Å². The molecular weight excluding hydrogens is 182 g/mol. The quantitative estimate of drug-likeness (QED) is 0.772. The summed E-state index contributed by atoms with van der Waals surface area (Å²) in [7, 11) is 0. The number of benzene rings is 1. The fourth-order valence-electron chi connectivity index (χ4n) is 1.64. The van der Waals surface area contributed by atoms with Crippen LogP contribution in [0.25, 0.3) is 0 Å². The molecule has 0 aliphatic heterocycles. The molecule has 2 N–H and O–H groups in total. The van der Waals surface area contributed by atoms with Crippen LogP contribution in [0.3, 0.4) is 0 Å². The molecule has 1 atom stereocenters. The SMILES string of the molecule is Cc1cccc([C@H](N)C2CC2)c1Cl. The van der Waals surface area contributed by atoms with E-state index in [4.69, 9.17) is 17.3 Å². The summed E-state index contributed by atoms with van der Waals surface area (Å²) in [6, 6.07) is 6.23. The van der Waals surface area contributed by atoms with Gasteiger partial charge in [-0.25, -0.2) is 0 Å². The highest BCUT2D eigenvalue weighted by molar-refractivity contribution is 6.32. The van der Waals surface area contributed by atoms with E-state index in [9.17, 15) is 0 Å². The fraction of sp³-hybridized carbons (Fsp3) is 0.455. The molecule has 1 nitrogen and oxygen atoms in total. The first-order valence-corrected chi connectivity index (χ1v) is 5.08. The Hall–Kier alpha value is -0.530. The Kier molecular flexibility index (Phi) is 2.31. The minimum absolute atomic E-state index is 0.146. The Morgan fingerprint density at radius 1 is 1.46 bits per heavy atom. The van der Waals surface area contributed by atoms with Gasteiger partial charge in [0.1, 0.15) is 0 Å². The molecule has 2 rings (SSSR count). The van der Waals surface area contributed by atoms with Crippen molar-refractivity contribution >= 4 is 11.6 Å². The molecule has 0 radical (unpaired) electrons. The monoisotopic (exact) mass is 195 g/mol. The average molecular weight is 196 g/mol. The molecule has 1 aromatic rings. The molecule has 0 unspecified atom stereocenters. The topological polar surface area (TPSA) is 26.0 Å². The van der Waals surface area contributed by atoms with E-state index in [2.05, 4.69) is 0 Å². The van der Waals surface area contributed by atoms with E-state index < -0.39 is 0 Å². The number of hydrogen-bond donors (Lipinski definition) is 1. The first-order valence-electron chi connectivity index (χ1n) is 4.70. The third-order valence-corrected chi connectivity index (χ3v) is 3.23. The zero-order valence-corrected chi connectivity index (χ0v) is 8.51. The van der Waals surface area contributed by atoms with Crippen molar-refractivity contribution in [3.8, 4) is 0 Å². The van der Waals surface area contributed by atoms with Crippen LogP contribution in [0.15, 0.2) is 18.2 Å². The zero-order valence-electron chi connectivity index (χ0n) is 7.76. The number of hydrogen-bond acceptors (Lipinski definition) is 1. The number of nitrogens with two attached hydrogens (primary N) is 1. The second kappa shape index (κ2) is 3.32. The van der Waals surface area contributed by atoms with Crippen LogP contribution in [-0.2, 0) is 0 Å². The predicted molar refractivity (Wildman–Crippen MR) is 55.8 cm³/mol. The van der Waals surface area contributed by atoms with Gasteiger partial charge in [-0.3, -0.25) is 0 Å². The Morgan fingerprint density at radius 2 is 2.15 bits per heavy atom. The van der Waals surface area contributed by atoms with Gasteiger partial charge in [0, 0.05) is 11.1 Å². The van der Waals surface area contributed by atoms with Crippen molar-refractivity contribution in [3.05, 3.63) is 34.3 Å². The summed E-state index contributed by atoms with van der Waals surface area (Å²) >= 11 is 6.18. The first-order chi connectivity index (χ1) is 6.20. The maximum Gasteiger partial charge on any atom is 0.0483 e. The van der Waals surface area contributed by atoms with Crippen LogP contribution in [0.2, 0.25) is 5.02 Å². The standard InChI is InChI=1S/C11H14ClN/c1-7-3-2-4-9(10(7)12)11(13)8-5-6-8/h2-4,8,11H,5-6,13H2,1H3/t11-/m1/s1. The van der Waals surface area contributed by atoms with Gasteiger partial charge < -0.3 is 5.73 Å². The van der Waals surface area contributed by atoms with Crippen LogP contribution in [-0.4, -0.2) is 0 Å². The van der Waals surface area contributed by atoms with Crippen LogP contribution in [0, 0.1) is 12.8 Å². The Bertz CT molecular complexity index is 318. The van der Waals surface area contributed by atoms with Crippen molar-refractivity contribution in [3.63, 3.8) is 0 Å². The van der Waals surface area contributed by atoms with E-state index in [1.165, 1.54) is 12.8 Å². The largest absolute Gasteiger partial charge is 0.324 e. The van der Waals surface area contributed by atoms with Crippen LogP contribution in [0.4, 0.5) is 0 Å². The van der Waals surface area contributed by atoms with E-state index in [0.29, 0.717) is 5.92 Å². The van der Waals surface area contributed by atoms with Gasteiger partial charge in [0.2, 0.25) is 0 Å². The van der Waals surface area contributed by atoms with Crippen LogP contribution >= 0.6 is 11.6 Å². The molecule has 0 saturated heterocycles. The van der Waals surface area contributed by atoms with Crippen molar-refractivity contribution in [2.75, 3.05) is 0 Å². The summed E-state index contributed by atoms with van der Waals surface area (Å²) in [4.78, 5) is 0. The molecule has 0 aromatic heterocycles. The summed E-state index contributed by atoms with van der Waals surface area (Å²) in [5.74, 6) is 0.666. The lowest BCUT2D eigenvalue weighted by molar-refractivity contribution is 0.633. The van der Waals surface area contributed by atoms with E-state index in [1.54, 1.807) is 0 Å². The Morgan fingerprint density at radius 3 is 2.77 bits per heavy atom. The van der Waals surface area contributed by atoms with Crippen molar-refractivity contribution in [1.29, 1.82) is 0 Å². The van der Waals surface area contributed by atoms with E-state index in [1.807, 2.05) is 25.1 Å². The highest BCUT2D eigenvalue weighted by Gasteiger charge is 2.30. The van der Waals surface area contributed by atoms with E-state index in [0.717, 1.165) is 16.1 Å². The minimum atomic E-state index is 0.146. The lowest BCUT2D eigenvalue weighted by atomic mass is 10.0. The van der Waals surface area contributed by atoms with Gasteiger partial charge in [-0.1, -0.05) is 29.8 Å². The van der Waals surface area contributed by atoms with Gasteiger partial charge in [0.25, 0.3) is 0 Å². The smallest absolute Gasteiger partial charge is 0.0483 e. The molecule has 1 aromatic carbocycles. The lowest BCUT2D eigenvalue weighted by Gasteiger charge is -2.13. The third kappa shape index (κ3) is 1.72. The molecule has 0 spiro atoms. The van der Waals surface area contributed by atoms with Gasteiger partial charge in [-0.2, -0.15) is 0 Å². The highest BCUT2D eigenvalue weighted by atomic mass is 35.5. The van der Waals surface area contributed by atoms with Crippen molar-refractivity contribution in [2.45, 2.75) is 25.8 Å². The van der Waals surface area contributed by atoms with Crippen LogP contribution in [0.5, 0.6) is 0 Å². The van der Waals surface area contributed by atoms with Crippen molar-refractivity contribution < 1.29 is 0 Å². The molecule has 70 valence electrons. The number of halogens is 1. The second-order valence-corrected chi connectivity index (χ2v) is 4.22. The molecule has 1 aliphatic rings. The molecular formula is C11H14ClN. The number of rotatable bonds is 2. The first kappa shape index (κ1) is 9.04. The summed E-state index contributed by atoms with van der Waals surface area (Å²) in [5.41, 5.74) is 8.32. The second-order valence-electron chi connectivity index (χ2n) is 3.84. The van der Waals surface area contributed by atoms with Gasteiger partial charge in [-0.15, -0.1) is 0 Å². The van der Waals surface area contributed by atoms with Gasteiger partial charge >= 0.3 is 0 Å². The van der Waals surface area contributed by atoms with Crippen LogP contribution < -0.4 is 5.73 Å². The molecule has 0 amide bonds. The average Bonchev–Trinajstić information content (AvgIpc) is 2.91. The normalized spacial score (nSPS) is 18.7. The maximum absolute atomic E-state index is 6.18. The van der Waals surface area contributed by atoms with Gasteiger partial charge in [-0.05, 0) is 36.8 Å². The third-order valence-electron chi connectivity index (χ3n) is 2.71. The lowest BCUT2D eigenvalue weighted by Crippen LogP contribution is -2.13. The predicted octanol–water partition coefficient (Wildman–Crippen LogP) is 3.06. The summed E-state index contributed by atoms with van der Waals surface area (Å²) in [6.45, 7) is 2.02. The van der Waals surface area contributed by atoms with Crippen LogP contribution in [0.1, 0.15) is 30.0 Å². The number of aryl methyl sites for hydroxylation is 1. The Balaban J connectivity index is 2.32. The van der Waals surface area contributed by atoms with Crippen molar-refractivity contribution in [2.24, 2.45) is 11.7 Å². The molecule has 1 aliphatic carbocycles. The minimum Gasteiger partial charge on any atom is -0.324 e. The summed E-state index contributed by atoms with van der Waals surface area (Å²) in [6.07, 6.45) is 2.51. The van der Waals surface area contributed by atoms with Gasteiger partial charge in [0.05, 0.1) is 0 Å². The van der Waals surface area contributed by atoms with E-state index in [-0.39, 0.29) is 6.04 Å². The van der Waals surface area contributed by atoms with Crippen molar-refractivity contribution in [1.82, 2.24) is 0 Å². The molecule has 1 fully saturated rings. The molecule has 0 bridgehead atoms. The maximum atomic E-state index is 6.18. The molecule has 1 saturated carbocycles. The summed E-state index contributed by atoms with van der Waals surface area (Å²) < 4.78 is 0. The molecule has 0 heterocycles. The molecule has 13 heavy (non-hydrogen) atoms.